The van der Waals surface area contributed by atoms with Crippen LogP contribution in [0.1, 0.15) is 44.4 Å². The van der Waals surface area contributed by atoms with E-state index in [0.29, 0.717) is 12.8 Å². The Morgan fingerprint density at radius 1 is 1.18 bits per heavy atom. The summed E-state index contributed by atoms with van der Waals surface area (Å²) in [6.45, 7) is 7.75. The standard InChI is InChI=1S/C10H12N2.C7H13NO2/c1-7-4-5-9-8(2)11-12(3)10(9)6-7;1-3-5-7(10)8-6(9)4-2/h4-6H,1-3H3;3-5H2,1-2H3,(H,8,9,10). The Morgan fingerprint density at radius 3 is 2.45 bits per heavy atom. The maximum absolute atomic E-state index is 10.7. The van der Waals surface area contributed by atoms with Crippen molar-refractivity contribution in [2.24, 2.45) is 7.05 Å². The van der Waals surface area contributed by atoms with Gasteiger partial charge >= 0.3 is 0 Å². The molecule has 5 heteroatoms. The molecule has 0 fully saturated rings. The van der Waals surface area contributed by atoms with E-state index in [9.17, 15) is 9.59 Å². The van der Waals surface area contributed by atoms with Gasteiger partial charge in [-0.3, -0.25) is 19.6 Å². The Morgan fingerprint density at radius 2 is 1.86 bits per heavy atom. The second-order valence-corrected chi connectivity index (χ2v) is 5.30. The maximum Gasteiger partial charge on any atom is 0.226 e. The van der Waals surface area contributed by atoms with Crippen molar-refractivity contribution in [2.45, 2.75) is 47.0 Å². The van der Waals surface area contributed by atoms with Gasteiger partial charge in [0.15, 0.2) is 0 Å². The molecular weight excluding hydrogens is 278 g/mol. The third kappa shape index (κ3) is 4.98. The SMILES string of the molecule is CCCC(=O)NC(=O)CC.Cc1ccc2c(C)nn(C)c2c1. The topological polar surface area (TPSA) is 64.0 Å². The molecule has 0 aliphatic heterocycles. The number of amides is 2. The molecule has 22 heavy (non-hydrogen) atoms. The average molecular weight is 303 g/mol. The van der Waals surface area contributed by atoms with Crippen molar-refractivity contribution in [2.75, 3.05) is 0 Å². The minimum Gasteiger partial charge on any atom is -0.296 e. The molecule has 1 N–H and O–H groups in total. The number of aryl methyl sites for hydroxylation is 3. The summed E-state index contributed by atoms with van der Waals surface area (Å²) in [5, 5.41) is 7.85. The quantitative estimate of drug-likeness (QED) is 0.948. The first kappa shape index (κ1) is 17.9. The Labute approximate surface area is 131 Å². The van der Waals surface area contributed by atoms with Crippen LogP contribution in [0.25, 0.3) is 10.9 Å². The van der Waals surface area contributed by atoms with Crippen LogP contribution in [0.2, 0.25) is 0 Å². The maximum atomic E-state index is 10.7. The van der Waals surface area contributed by atoms with Gasteiger partial charge in [-0.15, -0.1) is 0 Å². The number of fused-ring (bicyclic) bond motifs is 1. The first-order chi connectivity index (χ1) is 10.4. The van der Waals surface area contributed by atoms with Crippen LogP contribution in [0, 0.1) is 13.8 Å². The molecule has 0 saturated heterocycles. The molecule has 0 saturated carbocycles. The molecule has 120 valence electrons. The van der Waals surface area contributed by atoms with Crippen LogP contribution in [0.4, 0.5) is 0 Å². The number of nitrogens with zero attached hydrogens (tertiary/aromatic N) is 2. The predicted molar refractivity (Wildman–Crippen MR) is 88.5 cm³/mol. The van der Waals surface area contributed by atoms with Gasteiger partial charge in [0.25, 0.3) is 0 Å². The second-order valence-electron chi connectivity index (χ2n) is 5.30. The van der Waals surface area contributed by atoms with Crippen molar-refractivity contribution in [3.05, 3.63) is 29.5 Å². The fourth-order valence-corrected chi connectivity index (χ4v) is 2.08. The molecule has 0 bridgehead atoms. The molecule has 0 unspecified atom stereocenters. The summed E-state index contributed by atoms with van der Waals surface area (Å²) < 4.78 is 1.93. The summed E-state index contributed by atoms with van der Waals surface area (Å²) >= 11 is 0. The van der Waals surface area contributed by atoms with Crippen LogP contribution in [-0.4, -0.2) is 21.6 Å². The van der Waals surface area contributed by atoms with Crippen LogP contribution in [0.5, 0.6) is 0 Å². The van der Waals surface area contributed by atoms with Gasteiger partial charge in [-0.25, -0.2) is 0 Å². The fourth-order valence-electron chi connectivity index (χ4n) is 2.08. The van der Waals surface area contributed by atoms with E-state index in [2.05, 4.69) is 35.5 Å². The molecule has 2 rings (SSSR count). The first-order valence-corrected chi connectivity index (χ1v) is 7.61. The van der Waals surface area contributed by atoms with Gasteiger partial charge in [0.05, 0.1) is 11.2 Å². The normalized spacial score (nSPS) is 10.0. The smallest absolute Gasteiger partial charge is 0.226 e. The average Bonchev–Trinajstić information content (AvgIpc) is 2.74. The van der Waals surface area contributed by atoms with Gasteiger partial charge in [0.1, 0.15) is 0 Å². The van der Waals surface area contributed by atoms with Crippen molar-refractivity contribution in [1.29, 1.82) is 0 Å². The van der Waals surface area contributed by atoms with E-state index >= 15 is 0 Å². The monoisotopic (exact) mass is 303 g/mol. The summed E-state index contributed by atoms with van der Waals surface area (Å²) in [4.78, 5) is 21.2. The van der Waals surface area contributed by atoms with Gasteiger partial charge in [-0.1, -0.05) is 26.0 Å². The summed E-state index contributed by atoms with van der Waals surface area (Å²) in [7, 11) is 1.98. The highest BCUT2D eigenvalue weighted by molar-refractivity contribution is 5.94. The molecule has 0 spiro atoms. The highest BCUT2D eigenvalue weighted by atomic mass is 16.2. The molecule has 0 radical (unpaired) electrons. The number of carbonyl (C=O) groups is 2. The lowest BCUT2D eigenvalue weighted by Crippen LogP contribution is -2.29. The number of benzene rings is 1. The van der Waals surface area contributed by atoms with Gasteiger partial charge in [0, 0.05) is 25.3 Å². The van der Waals surface area contributed by atoms with Crippen LogP contribution in [0.3, 0.4) is 0 Å². The van der Waals surface area contributed by atoms with E-state index < -0.39 is 0 Å². The largest absolute Gasteiger partial charge is 0.296 e. The number of carbonyl (C=O) groups excluding carboxylic acids is 2. The van der Waals surface area contributed by atoms with Crippen LogP contribution in [0.15, 0.2) is 18.2 Å². The lowest BCUT2D eigenvalue weighted by atomic mass is 10.1. The Hall–Kier alpha value is -2.17. The molecule has 1 aromatic carbocycles. The number of hydrogen-bond donors (Lipinski definition) is 1. The summed E-state index contributed by atoms with van der Waals surface area (Å²) in [6, 6.07) is 6.42. The van der Waals surface area contributed by atoms with E-state index in [4.69, 9.17) is 0 Å². The van der Waals surface area contributed by atoms with Crippen molar-refractivity contribution < 1.29 is 9.59 Å². The zero-order valence-electron chi connectivity index (χ0n) is 14.1. The molecule has 1 aromatic heterocycles. The number of imide groups is 1. The number of rotatable bonds is 3. The van der Waals surface area contributed by atoms with Crippen LogP contribution < -0.4 is 5.32 Å². The number of nitrogens with one attached hydrogen (secondary N) is 1. The molecule has 0 aliphatic rings. The van der Waals surface area contributed by atoms with E-state index in [1.807, 2.05) is 25.6 Å². The Bertz CT molecular complexity index is 659. The molecule has 0 atom stereocenters. The third-order valence-electron chi connectivity index (χ3n) is 3.27. The van der Waals surface area contributed by atoms with E-state index in [1.165, 1.54) is 16.5 Å². The molecule has 5 nitrogen and oxygen atoms in total. The highest BCUT2D eigenvalue weighted by Gasteiger charge is 2.03. The van der Waals surface area contributed by atoms with E-state index in [0.717, 1.165) is 12.1 Å². The summed E-state index contributed by atoms with van der Waals surface area (Å²) in [5.74, 6) is -0.368. The van der Waals surface area contributed by atoms with Crippen molar-refractivity contribution >= 4 is 22.7 Å². The zero-order valence-corrected chi connectivity index (χ0v) is 14.1. The van der Waals surface area contributed by atoms with Crippen molar-refractivity contribution in [3.8, 4) is 0 Å². The highest BCUT2D eigenvalue weighted by Crippen LogP contribution is 2.17. The fraction of sp³-hybridized carbons (Fsp3) is 0.471. The number of hydrogen-bond acceptors (Lipinski definition) is 3. The Kier molecular flexibility index (Phi) is 6.76. The van der Waals surface area contributed by atoms with Gasteiger partial charge < -0.3 is 0 Å². The summed E-state index contributed by atoms with van der Waals surface area (Å²) in [5.41, 5.74) is 3.60. The molecular formula is C17H25N3O2. The molecule has 0 aliphatic carbocycles. The van der Waals surface area contributed by atoms with E-state index in [-0.39, 0.29) is 11.8 Å². The van der Waals surface area contributed by atoms with Gasteiger partial charge in [-0.2, -0.15) is 5.10 Å². The predicted octanol–water partition coefficient (Wildman–Crippen LogP) is 3.03. The van der Waals surface area contributed by atoms with E-state index in [1.54, 1.807) is 6.92 Å². The van der Waals surface area contributed by atoms with Gasteiger partial charge in [0.2, 0.25) is 11.8 Å². The third-order valence-corrected chi connectivity index (χ3v) is 3.27. The van der Waals surface area contributed by atoms with Crippen molar-refractivity contribution in [3.63, 3.8) is 0 Å². The molecule has 2 aromatic rings. The minimum atomic E-state index is -0.196. The second kappa shape index (κ2) is 8.32. The first-order valence-electron chi connectivity index (χ1n) is 7.61. The van der Waals surface area contributed by atoms with Crippen LogP contribution >= 0.6 is 0 Å². The van der Waals surface area contributed by atoms with Gasteiger partial charge in [-0.05, 0) is 31.9 Å². The van der Waals surface area contributed by atoms with Crippen LogP contribution in [-0.2, 0) is 16.6 Å². The lowest BCUT2D eigenvalue weighted by molar-refractivity contribution is -0.130. The van der Waals surface area contributed by atoms with Crippen molar-refractivity contribution in [1.82, 2.24) is 15.1 Å². The molecule has 2 amide bonds. The lowest BCUT2D eigenvalue weighted by Gasteiger charge is -1.98. The Balaban J connectivity index is 0.000000225. The zero-order chi connectivity index (χ0) is 16.7. The summed E-state index contributed by atoms with van der Waals surface area (Å²) in [6.07, 6.45) is 1.59. The minimum absolute atomic E-state index is 0.172. The number of aromatic nitrogens is 2. The molecule has 1 heterocycles.